The largest absolute Gasteiger partial charge is 0.493 e. The van der Waals surface area contributed by atoms with E-state index < -0.39 is 0 Å². The molecular formula is C17H20FNO2. The van der Waals surface area contributed by atoms with E-state index in [4.69, 9.17) is 15.2 Å². The molecule has 0 atom stereocenters. The average Bonchev–Trinajstić information content (AvgIpc) is 2.50. The van der Waals surface area contributed by atoms with Crippen LogP contribution in [0.15, 0.2) is 48.5 Å². The molecular weight excluding hydrogens is 269 g/mol. The first-order valence-electron chi connectivity index (χ1n) is 7.09. The highest BCUT2D eigenvalue weighted by molar-refractivity contribution is 5.29. The minimum absolute atomic E-state index is 0.274. The van der Waals surface area contributed by atoms with E-state index in [1.165, 1.54) is 6.07 Å². The molecule has 21 heavy (non-hydrogen) atoms. The Hall–Kier alpha value is -2.07. The van der Waals surface area contributed by atoms with Crippen molar-refractivity contribution in [3.05, 3.63) is 59.9 Å². The Morgan fingerprint density at radius 1 is 0.952 bits per heavy atom. The lowest BCUT2D eigenvalue weighted by Gasteiger charge is -2.09. The third kappa shape index (κ3) is 5.08. The van der Waals surface area contributed by atoms with E-state index in [2.05, 4.69) is 0 Å². The van der Waals surface area contributed by atoms with Crippen molar-refractivity contribution in [3.63, 3.8) is 0 Å². The highest BCUT2D eigenvalue weighted by atomic mass is 19.1. The van der Waals surface area contributed by atoms with Gasteiger partial charge in [0.2, 0.25) is 0 Å². The number of nitrogens with two attached hydrogens (primary N) is 1. The number of benzene rings is 2. The zero-order valence-corrected chi connectivity index (χ0v) is 11.9. The molecule has 3 nitrogen and oxygen atoms in total. The number of ether oxygens (including phenoxy) is 2. The average molecular weight is 289 g/mol. The van der Waals surface area contributed by atoms with Crippen molar-refractivity contribution >= 4 is 0 Å². The first-order valence-corrected chi connectivity index (χ1v) is 7.09. The summed E-state index contributed by atoms with van der Waals surface area (Å²) in [6.45, 7) is 1.47. The molecule has 2 aromatic rings. The van der Waals surface area contributed by atoms with Crippen LogP contribution in [0.1, 0.15) is 12.0 Å². The van der Waals surface area contributed by atoms with Crippen LogP contribution in [0.25, 0.3) is 0 Å². The van der Waals surface area contributed by atoms with Gasteiger partial charge in [-0.2, -0.15) is 0 Å². The Labute approximate surface area is 124 Å². The summed E-state index contributed by atoms with van der Waals surface area (Å²) in [5.74, 6) is 0.759. The standard InChI is InChI=1S/C17H20FNO2/c18-16-13-14(9-10-19)7-8-17(16)21-12-4-11-20-15-5-2-1-3-6-15/h1-3,5-8,13H,4,9-12,19H2. The third-order valence-corrected chi connectivity index (χ3v) is 2.99. The van der Waals surface area contributed by atoms with Gasteiger partial charge in [0.15, 0.2) is 11.6 Å². The number of halogens is 1. The molecule has 0 saturated heterocycles. The molecule has 0 saturated carbocycles. The molecule has 0 spiro atoms. The molecule has 0 bridgehead atoms. The lowest BCUT2D eigenvalue weighted by atomic mass is 10.1. The van der Waals surface area contributed by atoms with Gasteiger partial charge in [0.1, 0.15) is 5.75 Å². The summed E-state index contributed by atoms with van der Waals surface area (Å²) in [4.78, 5) is 0. The molecule has 0 aliphatic carbocycles. The second kappa shape index (κ2) is 8.27. The second-order valence-electron chi connectivity index (χ2n) is 4.67. The molecule has 0 heterocycles. The molecule has 0 amide bonds. The summed E-state index contributed by atoms with van der Waals surface area (Å²) in [7, 11) is 0. The van der Waals surface area contributed by atoms with Crippen molar-refractivity contribution in [3.8, 4) is 11.5 Å². The summed E-state index contributed by atoms with van der Waals surface area (Å²) in [6.07, 6.45) is 1.36. The quantitative estimate of drug-likeness (QED) is 0.759. The smallest absolute Gasteiger partial charge is 0.165 e. The fourth-order valence-corrected chi connectivity index (χ4v) is 1.93. The molecule has 4 heteroatoms. The van der Waals surface area contributed by atoms with Gasteiger partial charge in [-0.1, -0.05) is 24.3 Å². The van der Waals surface area contributed by atoms with Crippen LogP contribution in [0, 0.1) is 5.82 Å². The predicted octanol–water partition coefficient (Wildman–Crippen LogP) is 3.17. The maximum Gasteiger partial charge on any atom is 0.165 e. The molecule has 2 rings (SSSR count). The highest BCUT2D eigenvalue weighted by Crippen LogP contribution is 2.18. The van der Waals surface area contributed by atoms with Crippen molar-refractivity contribution < 1.29 is 13.9 Å². The van der Waals surface area contributed by atoms with Gasteiger partial charge >= 0.3 is 0 Å². The summed E-state index contributed by atoms with van der Waals surface area (Å²) < 4.78 is 24.7. The van der Waals surface area contributed by atoms with Crippen LogP contribution < -0.4 is 15.2 Å². The second-order valence-corrected chi connectivity index (χ2v) is 4.67. The van der Waals surface area contributed by atoms with Crippen LogP contribution in [0.3, 0.4) is 0 Å². The van der Waals surface area contributed by atoms with E-state index in [0.29, 0.717) is 32.6 Å². The van der Waals surface area contributed by atoms with Crippen molar-refractivity contribution in [2.45, 2.75) is 12.8 Å². The van der Waals surface area contributed by atoms with E-state index in [-0.39, 0.29) is 11.6 Å². The minimum atomic E-state index is -0.343. The van der Waals surface area contributed by atoms with Crippen LogP contribution >= 0.6 is 0 Å². The van der Waals surface area contributed by atoms with Gasteiger partial charge in [-0.15, -0.1) is 0 Å². The third-order valence-electron chi connectivity index (χ3n) is 2.99. The molecule has 0 radical (unpaired) electrons. The molecule has 2 N–H and O–H groups in total. The van der Waals surface area contributed by atoms with E-state index in [1.807, 2.05) is 36.4 Å². The van der Waals surface area contributed by atoms with Crippen molar-refractivity contribution in [2.24, 2.45) is 5.73 Å². The maximum absolute atomic E-state index is 13.8. The van der Waals surface area contributed by atoms with Crippen LogP contribution in [-0.2, 0) is 6.42 Å². The SMILES string of the molecule is NCCc1ccc(OCCCOc2ccccc2)c(F)c1. The van der Waals surface area contributed by atoms with Crippen molar-refractivity contribution in [1.29, 1.82) is 0 Å². The van der Waals surface area contributed by atoms with Gasteiger partial charge in [-0.3, -0.25) is 0 Å². The first kappa shape index (κ1) is 15.3. The van der Waals surface area contributed by atoms with Crippen molar-refractivity contribution in [2.75, 3.05) is 19.8 Å². The van der Waals surface area contributed by atoms with E-state index >= 15 is 0 Å². The van der Waals surface area contributed by atoms with Crippen molar-refractivity contribution in [1.82, 2.24) is 0 Å². The maximum atomic E-state index is 13.8. The molecule has 0 unspecified atom stereocenters. The van der Waals surface area contributed by atoms with E-state index in [0.717, 1.165) is 11.3 Å². The first-order chi connectivity index (χ1) is 10.3. The number of hydrogen-bond donors (Lipinski definition) is 1. The van der Waals surface area contributed by atoms with Gasteiger partial charge in [0.05, 0.1) is 13.2 Å². The van der Waals surface area contributed by atoms with Gasteiger partial charge in [0, 0.05) is 6.42 Å². The molecule has 2 aromatic carbocycles. The molecule has 0 aromatic heterocycles. The van der Waals surface area contributed by atoms with Gasteiger partial charge in [0.25, 0.3) is 0 Å². The molecule has 0 fully saturated rings. The number of rotatable bonds is 8. The predicted molar refractivity (Wildman–Crippen MR) is 81.2 cm³/mol. The molecule has 112 valence electrons. The van der Waals surface area contributed by atoms with Crippen LogP contribution in [0.5, 0.6) is 11.5 Å². The summed E-state index contributed by atoms with van der Waals surface area (Å²) in [5, 5.41) is 0. The van der Waals surface area contributed by atoms with E-state index in [1.54, 1.807) is 6.07 Å². The van der Waals surface area contributed by atoms with Crippen LogP contribution in [0.4, 0.5) is 4.39 Å². The fourth-order valence-electron chi connectivity index (χ4n) is 1.93. The Bertz CT molecular complexity index is 546. The Kier molecular flexibility index (Phi) is 6.03. The zero-order valence-electron chi connectivity index (χ0n) is 11.9. The Balaban J connectivity index is 1.71. The minimum Gasteiger partial charge on any atom is -0.493 e. The number of hydrogen-bond acceptors (Lipinski definition) is 3. The zero-order chi connectivity index (χ0) is 14.9. The fraction of sp³-hybridized carbons (Fsp3) is 0.294. The van der Waals surface area contributed by atoms with Gasteiger partial charge < -0.3 is 15.2 Å². The Morgan fingerprint density at radius 2 is 1.71 bits per heavy atom. The van der Waals surface area contributed by atoms with Gasteiger partial charge in [-0.05, 0) is 42.8 Å². The summed E-state index contributed by atoms with van der Waals surface area (Å²) >= 11 is 0. The molecule has 0 aliphatic rings. The highest BCUT2D eigenvalue weighted by Gasteiger charge is 2.04. The lowest BCUT2D eigenvalue weighted by Crippen LogP contribution is -2.06. The van der Waals surface area contributed by atoms with Gasteiger partial charge in [-0.25, -0.2) is 4.39 Å². The number of para-hydroxylation sites is 1. The topological polar surface area (TPSA) is 44.5 Å². The summed E-state index contributed by atoms with van der Waals surface area (Å²) in [6, 6.07) is 14.5. The van der Waals surface area contributed by atoms with E-state index in [9.17, 15) is 4.39 Å². The Morgan fingerprint density at radius 3 is 2.43 bits per heavy atom. The molecule has 0 aliphatic heterocycles. The normalized spacial score (nSPS) is 10.4. The van der Waals surface area contributed by atoms with Crippen LogP contribution in [-0.4, -0.2) is 19.8 Å². The lowest BCUT2D eigenvalue weighted by molar-refractivity contribution is 0.241. The monoisotopic (exact) mass is 289 g/mol. The van der Waals surface area contributed by atoms with Crippen LogP contribution in [0.2, 0.25) is 0 Å². The summed E-state index contributed by atoms with van der Waals surface area (Å²) in [5.41, 5.74) is 6.33.